The van der Waals surface area contributed by atoms with Crippen molar-refractivity contribution < 1.29 is 0 Å². The molecule has 2 N–H and O–H groups in total. The van der Waals surface area contributed by atoms with Gasteiger partial charge in [0.2, 0.25) is 0 Å². The molecular formula is C9H12Br2ClNS. The molecule has 0 aromatic carbocycles. The van der Waals surface area contributed by atoms with Gasteiger partial charge in [-0.15, -0.1) is 23.7 Å². The third-order valence-corrected chi connectivity index (χ3v) is 6.01. The molecule has 1 fully saturated rings. The second kappa shape index (κ2) is 5.30. The maximum Gasteiger partial charge on any atom is 0.0843 e. The monoisotopic (exact) mass is 359 g/mol. The molecule has 0 radical (unpaired) electrons. The fourth-order valence-corrected chi connectivity index (χ4v) is 3.74. The minimum Gasteiger partial charge on any atom is -0.323 e. The molecule has 1 heterocycles. The molecule has 0 unspecified atom stereocenters. The van der Waals surface area contributed by atoms with Gasteiger partial charge in [0, 0.05) is 15.4 Å². The molecule has 0 bridgehead atoms. The van der Waals surface area contributed by atoms with Crippen molar-refractivity contribution in [2.24, 2.45) is 11.7 Å². The number of rotatable bonds is 2. The third kappa shape index (κ3) is 2.53. The Hall–Kier alpha value is 0.910. The van der Waals surface area contributed by atoms with Gasteiger partial charge in [-0.25, -0.2) is 0 Å². The summed E-state index contributed by atoms with van der Waals surface area (Å²) < 4.78 is 2.28. The molecule has 1 nitrogen and oxygen atoms in total. The first-order valence-electron chi connectivity index (χ1n) is 4.39. The van der Waals surface area contributed by atoms with Crippen LogP contribution in [0.1, 0.15) is 30.2 Å². The molecule has 1 aliphatic carbocycles. The molecular weight excluding hydrogens is 349 g/mol. The fraction of sp³-hybridized carbons (Fsp3) is 0.556. The Morgan fingerprint density at radius 2 is 2.07 bits per heavy atom. The average Bonchev–Trinajstić information content (AvgIpc) is 2.28. The van der Waals surface area contributed by atoms with E-state index in [0.29, 0.717) is 0 Å². The van der Waals surface area contributed by atoms with E-state index in [4.69, 9.17) is 5.73 Å². The Bertz CT molecular complexity index is 292. The average molecular weight is 362 g/mol. The van der Waals surface area contributed by atoms with Gasteiger partial charge in [-0.1, -0.05) is 6.42 Å². The molecule has 14 heavy (non-hydrogen) atoms. The highest BCUT2D eigenvalue weighted by Crippen LogP contribution is 2.42. The Balaban J connectivity index is 0.000000980. The predicted molar refractivity (Wildman–Crippen MR) is 71.2 cm³/mol. The first-order chi connectivity index (χ1) is 6.18. The first kappa shape index (κ1) is 13.0. The number of halogens is 3. The summed E-state index contributed by atoms with van der Waals surface area (Å²) in [5.74, 6) is 0.720. The summed E-state index contributed by atoms with van der Waals surface area (Å²) in [5.41, 5.74) is 6.15. The van der Waals surface area contributed by atoms with Crippen LogP contribution in [0.2, 0.25) is 0 Å². The second-order valence-corrected chi connectivity index (χ2v) is 6.74. The van der Waals surface area contributed by atoms with Crippen LogP contribution in [0, 0.1) is 5.92 Å². The minimum absolute atomic E-state index is 0. The first-order valence-corrected chi connectivity index (χ1v) is 6.79. The summed E-state index contributed by atoms with van der Waals surface area (Å²) in [6, 6.07) is 2.39. The summed E-state index contributed by atoms with van der Waals surface area (Å²) in [4.78, 5) is 1.29. The lowest BCUT2D eigenvalue weighted by Crippen LogP contribution is -2.25. The largest absolute Gasteiger partial charge is 0.323 e. The highest BCUT2D eigenvalue weighted by Gasteiger charge is 2.26. The Morgan fingerprint density at radius 3 is 2.43 bits per heavy atom. The molecule has 5 heteroatoms. The van der Waals surface area contributed by atoms with E-state index in [-0.39, 0.29) is 18.4 Å². The van der Waals surface area contributed by atoms with E-state index in [1.807, 2.05) is 0 Å². The molecule has 2 rings (SSSR count). The zero-order chi connectivity index (χ0) is 9.42. The van der Waals surface area contributed by atoms with Crippen molar-refractivity contribution in [3.05, 3.63) is 19.2 Å². The van der Waals surface area contributed by atoms with Crippen molar-refractivity contribution in [2.75, 3.05) is 0 Å². The van der Waals surface area contributed by atoms with Crippen LogP contribution in [0.15, 0.2) is 14.3 Å². The Kier molecular flexibility index (Phi) is 4.91. The van der Waals surface area contributed by atoms with Gasteiger partial charge in [-0.05, 0) is 56.7 Å². The van der Waals surface area contributed by atoms with Crippen molar-refractivity contribution >= 4 is 55.6 Å². The van der Waals surface area contributed by atoms with Crippen molar-refractivity contribution in [2.45, 2.75) is 25.3 Å². The Morgan fingerprint density at radius 1 is 1.43 bits per heavy atom. The van der Waals surface area contributed by atoms with Crippen molar-refractivity contribution in [1.82, 2.24) is 0 Å². The molecule has 0 spiro atoms. The van der Waals surface area contributed by atoms with Crippen LogP contribution in [-0.4, -0.2) is 0 Å². The third-order valence-electron chi connectivity index (χ3n) is 2.65. The van der Waals surface area contributed by atoms with Crippen LogP contribution in [0.5, 0.6) is 0 Å². The summed E-state index contributed by atoms with van der Waals surface area (Å²) in [7, 11) is 0. The number of hydrogen-bond acceptors (Lipinski definition) is 2. The predicted octanol–water partition coefficient (Wildman–Crippen LogP) is 4.49. The normalized spacial score (nSPS) is 18.5. The zero-order valence-corrected chi connectivity index (χ0v) is 12.3. The fourth-order valence-electron chi connectivity index (χ4n) is 1.56. The lowest BCUT2D eigenvalue weighted by Gasteiger charge is -2.30. The van der Waals surface area contributed by atoms with Crippen LogP contribution in [-0.2, 0) is 0 Å². The molecule has 0 saturated heterocycles. The van der Waals surface area contributed by atoms with Gasteiger partial charge < -0.3 is 5.73 Å². The number of nitrogens with two attached hydrogens (primary N) is 1. The van der Waals surface area contributed by atoms with Crippen LogP contribution >= 0.6 is 55.6 Å². The number of hydrogen-bond donors (Lipinski definition) is 1. The van der Waals surface area contributed by atoms with Crippen LogP contribution in [0.4, 0.5) is 0 Å². The van der Waals surface area contributed by atoms with E-state index in [2.05, 4.69) is 37.9 Å². The van der Waals surface area contributed by atoms with Gasteiger partial charge in [0.25, 0.3) is 0 Å². The zero-order valence-electron chi connectivity index (χ0n) is 7.50. The maximum absolute atomic E-state index is 6.15. The highest BCUT2D eigenvalue weighted by atomic mass is 79.9. The molecule has 1 aromatic rings. The molecule has 1 saturated carbocycles. The van der Waals surface area contributed by atoms with Gasteiger partial charge in [-0.3, -0.25) is 0 Å². The van der Waals surface area contributed by atoms with Crippen molar-refractivity contribution in [1.29, 1.82) is 0 Å². The van der Waals surface area contributed by atoms with E-state index in [1.54, 1.807) is 11.3 Å². The van der Waals surface area contributed by atoms with Crippen LogP contribution in [0.25, 0.3) is 0 Å². The van der Waals surface area contributed by atoms with E-state index >= 15 is 0 Å². The van der Waals surface area contributed by atoms with Gasteiger partial charge in [0.15, 0.2) is 0 Å². The topological polar surface area (TPSA) is 26.0 Å². The standard InChI is InChI=1S/C9H11Br2NS.ClH/c10-6-4-7(13-9(6)11)8(12)5-2-1-3-5;/h4-5,8H,1-3,12H2;1H/t8-;/m0./s1. The van der Waals surface area contributed by atoms with Gasteiger partial charge in [0.1, 0.15) is 0 Å². The molecule has 0 aliphatic heterocycles. The summed E-state index contributed by atoms with van der Waals surface area (Å²) in [6.07, 6.45) is 3.95. The number of thiophene rings is 1. The van der Waals surface area contributed by atoms with E-state index < -0.39 is 0 Å². The van der Waals surface area contributed by atoms with E-state index in [9.17, 15) is 0 Å². The molecule has 1 atom stereocenters. The molecule has 80 valence electrons. The summed E-state index contributed by atoms with van der Waals surface area (Å²) in [6.45, 7) is 0. The lowest BCUT2D eigenvalue weighted by atomic mass is 9.79. The lowest BCUT2D eigenvalue weighted by molar-refractivity contribution is 0.267. The summed E-state index contributed by atoms with van der Waals surface area (Å²) >= 11 is 8.72. The van der Waals surface area contributed by atoms with Crippen molar-refractivity contribution in [3.8, 4) is 0 Å². The van der Waals surface area contributed by atoms with Gasteiger partial charge >= 0.3 is 0 Å². The smallest absolute Gasteiger partial charge is 0.0843 e. The van der Waals surface area contributed by atoms with E-state index in [1.165, 1.54) is 24.1 Å². The molecule has 0 amide bonds. The van der Waals surface area contributed by atoms with Crippen LogP contribution < -0.4 is 5.73 Å². The summed E-state index contributed by atoms with van der Waals surface area (Å²) in [5, 5.41) is 0. The quantitative estimate of drug-likeness (QED) is 0.825. The van der Waals surface area contributed by atoms with Gasteiger partial charge in [-0.2, -0.15) is 0 Å². The van der Waals surface area contributed by atoms with E-state index in [0.717, 1.165) is 14.2 Å². The second-order valence-electron chi connectivity index (χ2n) is 3.49. The van der Waals surface area contributed by atoms with Crippen LogP contribution in [0.3, 0.4) is 0 Å². The molecule has 1 aromatic heterocycles. The SMILES string of the molecule is Cl.N[C@H](c1cc(Br)c(Br)s1)C1CCC1. The highest BCUT2D eigenvalue weighted by molar-refractivity contribution is 9.13. The maximum atomic E-state index is 6.15. The van der Waals surface area contributed by atoms with Crippen molar-refractivity contribution in [3.63, 3.8) is 0 Å². The molecule has 1 aliphatic rings. The Labute approximate surface area is 111 Å². The van der Waals surface area contributed by atoms with Gasteiger partial charge in [0.05, 0.1) is 3.79 Å². The minimum atomic E-state index is 0.